The Hall–Kier alpha value is -2.83. The van der Waals surface area contributed by atoms with Crippen LogP contribution in [-0.4, -0.2) is 59.2 Å². The minimum atomic E-state index is -0.261. The molecule has 1 atom stereocenters. The van der Waals surface area contributed by atoms with E-state index >= 15 is 0 Å². The molecular weight excluding hydrogens is 342 g/mol. The van der Waals surface area contributed by atoms with Gasteiger partial charge in [-0.25, -0.2) is 0 Å². The van der Waals surface area contributed by atoms with Gasteiger partial charge in [0.05, 0.1) is 17.8 Å². The predicted octanol–water partition coefficient (Wildman–Crippen LogP) is 1.43. The molecule has 0 saturated carbocycles. The largest absolute Gasteiger partial charge is 0.368 e. The van der Waals surface area contributed by atoms with E-state index in [1.165, 1.54) is 11.3 Å². The molecule has 2 aliphatic heterocycles. The van der Waals surface area contributed by atoms with Crippen molar-refractivity contribution in [2.75, 3.05) is 42.5 Å². The molecule has 0 bridgehead atoms. The molecule has 0 spiro atoms. The monoisotopic (exact) mass is 367 g/mol. The quantitative estimate of drug-likeness (QED) is 0.823. The summed E-state index contributed by atoms with van der Waals surface area (Å²) in [5, 5.41) is 4.12. The second-order valence-electron chi connectivity index (χ2n) is 7.38. The molecule has 0 N–H and O–H groups in total. The van der Waals surface area contributed by atoms with Crippen LogP contribution in [0.25, 0.3) is 0 Å². The first-order valence-electron chi connectivity index (χ1n) is 9.41. The average Bonchev–Trinajstić information content (AvgIpc) is 3.27. The van der Waals surface area contributed by atoms with Crippen LogP contribution in [0.1, 0.15) is 12.0 Å². The van der Waals surface area contributed by atoms with Gasteiger partial charge in [-0.05, 0) is 18.6 Å². The van der Waals surface area contributed by atoms with E-state index in [-0.39, 0.29) is 24.2 Å². The third-order valence-electron chi connectivity index (χ3n) is 5.52. The van der Waals surface area contributed by atoms with Gasteiger partial charge in [-0.3, -0.25) is 14.3 Å². The van der Waals surface area contributed by atoms with Gasteiger partial charge in [0, 0.05) is 58.1 Å². The molecule has 27 heavy (non-hydrogen) atoms. The first-order valence-corrected chi connectivity index (χ1v) is 9.41. The fraction of sp³-hybridized carbons (Fsp3) is 0.450. The Morgan fingerprint density at radius 1 is 1.15 bits per heavy atom. The minimum absolute atomic E-state index is 0.0000960. The number of anilines is 2. The molecule has 7 heteroatoms. The Balaban J connectivity index is 1.37. The topological polar surface area (TPSA) is 61.7 Å². The van der Waals surface area contributed by atoms with Gasteiger partial charge in [0.25, 0.3) is 0 Å². The van der Waals surface area contributed by atoms with Gasteiger partial charge in [0.1, 0.15) is 0 Å². The van der Waals surface area contributed by atoms with Crippen LogP contribution in [0.3, 0.4) is 0 Å². The summed E-state index contributed by atoms with van der Waals surface area (Å²) in [5.41, 5.74) is 3.26. The SMILES string of the molecule is Cc1ccccc1N1CCN(C(=O)[C@H]2CC(=O)N(c3cnn(C)c3)C2)CC1. The number of nitrogens with zero attached hydrogens (tertiary/aromatic N) is 5. The van der Waals surface area contributed by atoms with Crippen LogP contribution >= 0.6 is 0 Å². The number of piperazine rings is 1. The number of amides is 2. The molecule has 4 rings (SSSR count). The lowest BCUT2D eigenvalue weighted by molar-refractivity contribution is -0.136. The molecular formula is C20H25N5O2. The van der Waals surface area contributed by atoms with E-state index in [2.05, 4.69) is 35.1 Å². The van der Waals surface area contributed by atoms with Crippen LogP contribution in [0.5, 0.6) is 0 Å². The van der Waals surface area contributed by atoms with Crippen molar-refractivity contribution in [3.05, 3.63) is 42.2 Å². The maximum atomic E-state index is 12.9. The fourth-order valence-corrected chi connectivity index (χ4v) is 4.01. The van der Waals surface area contributed by atoms with Gasteiger partial charge in [-0.1, -0.05) is 18.2 Å². The van der Waals surface area contributed by atoms with E-state index in [9.17, 15) is 9.59 Å². The molecule has 1 aromatic heterocycles. The summed E-state index contributed by atoms with van der Waals surface area (Å²) in [6, 6.07) is 8.35. The van der Waals surface area contributed by atoms with Gasteiger partial charge in [0.15, 0.2) is 0 Å². The first-order chi connectivity index (χ1) is 13.0. The number of benzene rings is 1. The summed E-state index contributed by atoms with van der Waals surface area (Å²) in [7, 11) is 1.82. The second kappa shape index (κ2) is 7.06. The zero-order chi connectivity index (χ0) is 19.0. The van der Waals surface area contributed by atoms with Crippen molar-refractivity contribution in [2.24, 2.45) is 13.0 Å². The van der Waals surface area contributed by atoms with Crippen molar-refractivity contribution in [2.45, 2.75) is 13.3 Å². The van der Waals surface area contributed by atoms with Crippen molar-refractivity contribution in [3.8, 4) is 0 Å². The molecule has 0 radical (unpaired) electrons. The van der Waals surface area contributed by atoms with E-state index in [1.54, 1.807) is 15.8 Å². The van der Waals surface area contributed by atoms with Gasteiger partial charge in [-0.2, -0.15) is 5.10 Å². The van der Waals surface area contributed by atoms with Gasteiger partial charge in [-0.15, -0.1) is 0 Å². The smallest absolute Gasteiger partial charge is 0.228 e. The molecule has 0 unspecified atom stereocenters. The summed E-state index contributed by atoms with van der Waals surface area (Å²) in [6.07, 6.45) is 3.77. The number of aromatic nitrogens is 2. The summed E-state index contributed by atoms with van der Waals surface area (Å²) in [5.74, 6) is -0.165. The van der Waals surface area contributed by atoms with Crippen molar-refractivity contribution < 1.29 is 9.59 Å². The van der Waals surface area contributed by atoms with Crippen LogP contribution in [0, 0.1) is 12.8 Å². The highest BCUT2D eigenvalue weighted by Crippen LogP contribution is 2.27. The highest BCUT2D eigenvalue weighted by molar-refractivity contribution is 6.00. The molecule has 2 saturated heterocycles. The molecule has 2 fully saturated rings. The molecule has 1 aromatic carbocycles. The maximum absolute atomic E-state index is 12.9. The Bertz CT molecular complexity index is 854. The number of para-hydroxylation sites is 1. The van der Waals surface area contributed by atoms with Crippen molar-refractivity contribution in [1.29, 1.82) is 0 Å². The van der Waals surface area contributed by atoms with Crippen LogP contribution in [-0.2, 0) is 16.6 Å². The molecule has 2 aromatic rings. The Morgan fingerprint density at radius 3 is 2.56 bits per heavy atom. The summed E-state index contributed by atoms with van der Waals surface area (Å²) >= 11 is 0. The first kappa shape index (κ1) is 17.6. The third-order valence-corrected chi connectivity index (χ3v) is 5.52. The standard InChI is InChI=1S/C20H25N5O2/c1-15-5-3-4-6-18(15)23-7-9-24(10-8-23)20(27)16-11-19(26)25(13-16)17-12-21-22(2)14-17/h3-6,12,14,16H,7-11,13H2,1-2H3/t16-/m0/s1. The van der Waals surface area contributed by atoms with Crippen LogP contribution in [0.15, 0.2) is 36.7 Å². The van der Waals surface area contributed by atoms with Crippen LogP contribution in [0.2, 0.25) is 0 Å². The summed E-state index contributed by atoms with van der Waals surface area (Å²) in [6.45, 7) is 5.61. The van der Waals surface area contributed by atoms with E-state index in [1.807, 2.05) is 24.2 Å². The number of carbonyl (C=O) groups is 2. The maximum Gasteiger partial charge on any atom is 0.228 e. The van der Waals surface area contributed by atoms with E-state index in [4.69, 9.17) is 0 Å². The summed E-state index contributed by atoms with van der Waals surface area (Å²) in [4.78, 5) is 31.2. The lowest BCUT2D eigenvalue weighted by atomic mass is 10.1. The highest BCUT2D eigenvalue weighted by atomic mass is 16.2. The van der Waals surface area contributed by atoms with E-state index < -0.39 is 0 Å². The number of hydrogen-bond acceptors (Lipinski definition) is 4. The predicted molar refractivity (Wildman–Crippen MR) is 104 cm³/mol. The van der Waals surface area contributed by atoms with Gasteiger partial charge >= 0.3 is 0 Å². The number of carbonyl (C=O) groups excluding carboxylic acids is 2. The van der Waals surface area contributed by atoms with Crippen molar-refractivity contribution >= 4 is 23.2 Å². The number of hydrogen-bond donors (Lipinski definition) is 0. The van der Waals surface area contributed by atoms with Crippen LogP contribution < -0.4 is 9.80 Å². The normalized spacial score (nSPS) is 20.4. The van der Waals surface area contributed by atoms with Crippen LogP contribution in [0.4, 0.5) is 11.4 Å². The lowest BCUT2D eigenvalue weighted by Gasteiger charge is -2.37. The van der Waals surface area contributed by atoms with Gasteiger partial charge < -0.3 is 14.7 Å². The lowest BCUT2D eigenvalue weighted by Crippen LogP contribution is -2.50. The van der Waals surface area contributed by atoms with Gasteiger partial charge in [0.2, 0.25) is 11.8 Å². The van der Waals surface area contributed by atoms with E-state index in [0.717, 1.165) is 18.8 Å². The zero-order valence-electron chi connectivity index (χ0n) is 15.8. The zero-order valence-corrected chi connectivity index (χ0v) is 15.8. The number of aryl methyl sites for hydroxylation is 2. The second-order valence-corrected chi connectivity index (χ2v) is 7.38. The van der Waals surface area contributed by atoms with Crippen molar-refractivity contribution in [3.63, 3.8) is 0 Å². The molecule has 3 heterocycles. The highest BCUT2D eigenvalue weighted by Gasteiger charge is 2.38. The minimum Gasteiger partial charge on any atom is -0.368 e. The molecule has 142 valence electrons. The Morgan fingerprint density at radius 2 is 1.89 bits per heavy atom. The Kier molecular flexibility index (Phi) is 4.59. The summed E-state index contributed by atoms with van der Waals surface area (Å²) < 4.78 is 1.67. The molecule has 0 aliphatic carbocycles. The molecule has 7 nitrogen and oxygen atoms in total. The van der Waals surface area contributed by atoms with E-state index in [0.29, 0.717) is 19.6 Å². The average molecular weight is 367 g/mol. The third kappa shape index (κ3) is 3.41. The number of rotatable bonds is 3. The van der Waals surface area contributed by atoms with Crippen molar-refractivity contribution in [1.82, 2.24) is 14.7 Å². The fourth-order valence-electron chi connectivity index (χ4n) is 4.01. The molecule has 2 amide bonds. The molecule has 2 aliphatic rings. The Labute approximate surface area is 159 Å².